The van der Waals surface area contributed by atoms with Crippen LogP contribution in [-0.2, 0) is 17.9 Å². The quantitative estimate of drug-likeness (QED) is 0.349. The van der Waals surface area contributed by atoms with Crippen molar-refractivity contribution in [3.8, 4) is 0 Å². The van der Waals surface area contributed by atoms with Crippen LogP contribution in [0.25, 0.3) is 17.1 Å². The Labute approximate surface area is 175 Å². The highest BCUT2D eigenvalue weighted by Crippen LogP contribution is 2.30. The van der Waals surface area contributed by atoms with Gasteiger partial charge in [-0.2, -0.15) is 0 Å². The van der Waals surface area contributed by atoms with Gasteiger partial charge in [-0.3, -0.25) is 34.2 Å². The van der Waals surface area contributed by atoms with Crippen molar-refractivity contribution in [3.05, 3.63) is 78.8 Å². The number of amides is 1. The van der Waals surface area contributed by atoms with Crippen LogP contribution in [0.4, 0.5) is 17.1 Å². The number of imidazole rings is 1. The fraction of sp³-hybridized carbons (Fsp3) is 0.200. The summed E-state index contributed by atoms with van der Waals surface area (Å²) in [5.74, 6) is -0.624. The zero-order valence-corrected chi connectivity index (χ0v) is 16.8. The molecule has 160 valence electrons. The molecule has 0 aliphatic heterocycles. The highest BCUT2D eigenvalue weighted by Gasteiger charge is 2.21. The Kier molecular flexibility index (Phi) is 5.95. The number of nitro benzene ring substituents is 2. The number of nitro groups is 2. The van der Waals surface area contributed by atoms with Gasteiger partial charge in [-0.25, -0.2) is 4.79 Å². The fourth-order valence-corrected chi connectivity index (χ4v) is 3.27. The summed E-state index contributed by atoms with van der Waals surface area (Å²) in [7, 11) is 0. The van der Waals surface area contributed by atoms with Gasteiger partial charge >= 0.3 is 5.69 Å². The second-order valence-electron chi connectivity index (χ2n) is 6.56. The summed E-state index contributed by atoms with van der Waals surface area (Å²) in [6.45, 7) is 4.27. The second kappa shape index (κ2) is 8.61. The molecular weight excluding hydrogens is 406 g/mol. The Bertz CT molecular complexity index is 1270. The topological polar surface area (TPSA) is 142 Å². The summed E-state index contributed by atoms with van der Waals surface area (Å²) < 4.78 is 2.91. The Morgan fingerprint density at radius 1 is 1.00 bits per heavy atom. The van der Waals surface area contributed by atoms with Gasteiger partial charge in [-0.15, -0.1) is 0 Å². The average molecular weight is 425 g/mol. The van der Waals surface area contributed by atoms with Gasteiger partial charge in [-0.1, -0.05) is 0 Å². The van der Waals surface area contributed by atoms with Gasteiger partial charge in [0.25, 0.3) is 11.4 Å². The number of aromatic nitrogens is 2. The molecule has 2 aromatic carbocycles. The van der Waals surface area contributed by atoms with Crippen LogP contribution < -0.4 is 11.0 Å². The van der Waals surface area contributed by atoms with Crippen LogP contribution in [0.5, 0.6) is 0 Å². The number of nitrogens with zero attached hydrogens (tertiary/aromatic N) is 4. The molecule has 1 aromatic heterocycles. The van der Waals surface area contributed by atoms with Gasteiger partial charge in [0.05, 0.1) is 20.9 Å². The molecule has 11 nitrogen and oxygen atoms in total. The van der Waals surface area contributed by atoms with E-state index in [9.17, 15) is 29.8 Å². The molecule has 1 heterocycles. The molecule has 11 heteroatoms. The van der Waals surface area contributed by atoms with Crippen LogP contribution in [0.3, 0.4) is 0 Å². The predicted molar refractivity (Wildman–Crippen MR) is 115 cm³/mol. The third-order valence-electron chi connectivity index (χ3n) is 4.75. The lowest BCUT2D eigenvalue weighted by Gasteiger charge is -2.06. The number of fused-ring (bicyclic) bond motifs is 1. The normalized spacial score (nSPS) is 11.2. The molecule has 0 saturated heterocycles. The van der Waals surface area contributed by atoms with Crippen LogP contribution in [0.15, 0.2) is 47.3 Å². The third kappa shape index (κ3) is 4.20. The average Bonchev–Trinajstić information content (AvgIpc) is 3.01. The number of nitrogens with one attached hydrogen (secondary N) is 1. The van der Waals surface area contributed by atoms with Crippen LogP contribution in [0.2, 0.25) is 0 Å². The molecule has 3 rings (SSSR count). The minimum atomic E-state index is -0.624. The van der Waals surface area contributed by atoms with Crippen molar-refractivity contribution in [1.82, 2.24) is 9.13 Å². The van der Waals surface area contributed by atoms with Crippen molar-refractivity contribution in [2.75, 3.05) is 5.32 Å². The molecule has 0 fully saturated rings. The van der Waals surface area contributed by atoms with E-state index in [1.54, 1.807) is 13.8 Å². The Morgan fingerprint density at radius 3 is 2.10 bits per heavy atom. The van der Waals surface area contributed by atoms with E-state index in [1.165, 1.54) is 57.7 Å². The van der Waals surface area contributed by atoms with Crippen LogP contribution in [0, 0.1) is 20.2 Å². The number of benzene rings is 2. The zero-order chi connectivity index (χ0) is 22.7. The van der Waals surface area contributed by atoms with E-state index < -0.39 is 15.8 Å². The van der Waals surface area contributed by atoms with Crippen molar-refractivity contribution in [2.45, 2.75) is 26.9 Å². The van der Waals surface area contributed by atoms with Crippen molar-refractivity contribution in [1.29, 1.82) is 0 Å². The van der Waals surface area contributed by atoms with E-state index in [0.717, 1.165) is 0 Å². The summed E-state index contributed by atoms with van der Waals surface area (Å²) in [5.41, 5.74) is 0.717. The molecule has 0 aliphatic rings. The monoisotopic (exact) mass is 425 g/mol. The Hall–Kier alpha value is -4.28. The van der Waals surface area contributed by atoms with Crippen molar-refractivity contribution >= 4 is 40.1 Å². The molecule has 0 unspecified atom stereocenters. The minimum absolute atomic E-state index is 0.0358. The first kappa shape index (κ1) is 21.4. The molecular formula is C20H19N5O6. The number of aryl methyl sites for hydroxylation is 2. The summed E-state index contributed by atoms with van der Waals surface area (Å²) in [6, 6.07) is 8.26. The zero-order valence-electron chi connectivity index (χ0n) is 16.8. The third-order valence-corrected chi connectivity index (χ3v) is 4.75. The number of carbonyl (C=O) groups is 1. The number of rotatable bonds is 7. The first-order valence-corrected chi connectivity index (χ1v) is 9.41. The molecule has 0 atom stereocenters. The van der Waals surface area contributed by atoms with Crippen molar-refractivity contribution in [2.24, 2.45) is 0 Å². The standard InChI is InChI=1S/C20H19N5O6/c1-3-22-17-11-15(16(25(30)31)12-18(17)23(4-2)20(22)27)21-19(26)10-7-13-5-8-14(9-6-13)24(28)29/h5-12H,3-4H2,1-2H3,(H,21,26)/b10-7+. The largest absolute Gasteiger partial charge is 0.329 e. The van der Waals surface area contributed by atoms with Crippen LogP contribution >= 0.6 is 0 Å². The van der Waals surface area contributed by atoms with E-state index >= 15 is 0 Å². The van der Waals surface area contributed by atoms with Gasteiger partial charge in [0.2, 0.25) is 5.91 Å². The van der Waals surface area contributed by atoms with Crippen molar-refractivity contribution in [3.63, 3.8) is 0 Å². The molecule has 0 radical (unpaired) electrons. The number of hydrogen-bond acceptors (Lipinski definition) is 6. The maximum Gasteiger partial charge on any atom is 0.329 e. The van der Waals surface area contributed by atoms with Crippen LogP contribution in [0.1, 0.15) is 19.4 Å². The van der Waals surface area contributed by atoms with E-state index in [4.69, 9.17) is 0 Å². The Balaban J connectivity index is 1.95. The molecule has 0 spiro atoms. The lowest BCUT2D eigenvalue weighted by Crippen LogP contribution is -2.23. The number of hydrogen-bond donors (Lipinski definition) is 1. The maximum absolute atomic E-state index is 12.5. The lowest BCUT2D eigenvalue weighted by molar-refractivity contribution is -0.384. The van der Waals surface area contributed by atoms with Gasteiger partial charge in [0, 0.05) is 37.4 Å². The van der Waals surface area contributed by atoms with Gasteiger partial charge in [0.15, 0.2) is 0 Å². The molecule has 0 aliphatic carbocycles. The van der Waals surface area contributed by atoms with E-state index in [1.807, 2.05) is 0 Å². The van der Waals surface area contributed by atoms with Gasteiger partial charge < -0.3 is 5.32 Å². The van der Waals surface area contributed by atoms with Crippen molar-refractivity contribution < 1.29 is 14.6 Å². The minimum Gasteiger partial charge on any atom is -0.317 e. The number of carbonyl (C=O) groups excluding carboxylic acids is 1. The summed E-state index contributed by atoms with van der Waals surface area (Å²) in [5, 5.41) is 24.7. The molecule has 3 aromatic rings. The first-order valence-electron chi connectivity index (χ1n) is 9.41. The SMILES string of the molecule is CCn1c(=O)n(CC)c2cc([N+](=O)[O-])c(NC(=O)/C=C/c3ccc([N+](=O)[O-])cc3)cc21. The van der Waals surface area contributed by atoms with E-state index in [2.05, 4.69) is 5.32 Å². The predicted octanol–water partition coefficient (Wildman–Crippen LogP) is 3.31. The molecule has 31 heavy (non-hydrogen) atoms. The number of anilines is 1. The van der Waals surface area contributed by atoms with Gasteiger partial charge in [0.1, 0.15) is 5.69 Å². The smallest absolute Gasteiger partial charge is 0.317 e. The number of non-ortho nitro benzene ring substituents is 1. The first-order chi connectivity index (χ1) is 14.8. The lowest BCUT2D eigenvalue weighted by atomic mass is 10.2. The molecule has 1 amide bonds. The maximum atomic E-state index is 12.5. The van der Waals surface area contributed by atoms with E-state index in [-0.39, 0.29) is 22.8 Å². The highest BCUT2D eigenvalue weighted by molar-refractivity contribution is 6.04. The molecule has 0 bridgehead atoms. The summed E-state index contributed by atoms with van der Waals surface area (Å²) >= 11 is 0. The summed E-state index contributed by atoms with van der Waals surface area (Å²) in [6.07, 6.45) is 2.60. The Morgan fingerprint density at radius 2 is 1.58 bits per heavy atom. The fourth-order valence-electron chi connectivity index (χ4n) is 3.27. The molecule has 0 saturated carbocycles. The highest BCUT2D eigenvalue weighted by atomic mass is 16.6. The summed E-state index contributed by atoms with van der Waals surface area (Å²) in [4.78, 5) is 46.0. The molecule has 1 N–H and O–H groups in total. The van der Waals surface area contributed by atoms with Gasteiger partial charge in [-0.05, 0) is 43.7 Å². The second-order valence-corrected chi connectivity index (χ2v) is 6.56. The van der Waals surface area contributed by atoms with E-state index in [0.29, 0.717) is 29.7 Å². The van der Waals surface area contributed by atoms with Crippen LogP contribution in [-0.4, -0.2) is 24.9 Å².